The van der Waals surface area contributed by atoms with Crippen molar-refractivity contribution in [3.63, 3.8) is 0 Å². The van der Waals surface area contributed by atoms with Gasteiger partial charge in [0.05, 0.1) is 5.69 Å². The van der Waals surface area contributed by atoms with Crippen LogP contribution in [0.15, 0.2) is 24.3 Å². The second-order valence-corrected chi connectivity index (χ2v) is 4.36. The van der Waals surface area contributed by atoms with Crippen molar-refractivity contribution in [2.75, 3.05) is 18.0 Å². The first-order chi connectivity index (χ1) is 8.33. The molecule has 0 aliphatic heterocycles. The van der Waals surface area contributed by atoms with Crippen LogP contribution in [0.2, 0.25) is 0 Å². The monoisotopic (exact) mass is 229 g/mol. The first-order valence-electron chi connectivity index (χ1n) is 6.64. The molecule has 0 bridgehead atoms. The van der Waals surface area contributed by atoms with Crippen LogP contribution in [-0.2, 0) is 0 Å². The zero-order valence-corrected chi connectivity index (χ0v) is 11.1. The predicted molar refractivity (Wildman–Crippen MR) is 76.4 cm³/mol. The Morgan fingerprint density at radius 3 is 2.18 bits per heavy atom. The van der Waals surface area contributed by atoms with E-state index in [-0.39, 0.29) is 0 Å². The third-order valence-corrected chi connectivity index (χ3v) is 2.96. The number of terminal acetylenes is 1. The molecule has 0 aliphatic carbocycles. The van der Waals surface area contributed by atoms with Gasteiger partial charge in [-0.3, -0.25) is 0 Å². The van der Waals surface area contributed by atoms with Crippen molar-refractivity contribution in [2.45, 2.75) is 39.5 Å². The minimum Gasteiger partial charge on any atom is -0.371 e. The highest BCUT2D eigenvalue weighted by atomic mass is 15.1. The van der Waals surface area contributed by atoms with Gasteiger partial charge in [-0.05, 0) is 25.0 Å². The molecule has 0 saturated heterocycles. The van der Waals surface area contributed by atoms with Gasteiger partial charge in [-0.25, -0.2) is 0 Å². The maximum absolute atomic E-state index is 5.57. The molecule has 0 spiro atoms. The van der Waals surface area contributed by atoms with Gasteiger partial charge in [0.2, 0.25) is 0 Å². The number of anilines is 1. The van der Waals surface area contributed by atoms with E-state index in [1.807, 2.05) is 12.1 Å². The van der Waals surface area contributed by atoms with E-state index in [4.69, 9.17) is 6.42 Å². The van der Waals surface area contributed by atoms with Crippen LogP contribution in [0.1, 0.15) is 45.1 Å². The first-order valence-corrected chi connectivity index (χ1v) is 6.64. The quantitative estimate of drug-likeness (QED) is 0.637. The molecule has 1 rings (SSSR count). The van der Waals surface area contributed by atoms with Gasteiger partial charge in [-0.1, -0.05) is 44.7 Å². The van der Waals surface area contributed by atoms with Crippen LogP contribution in [0.4, 0.5) is 5.69 Å². The van der Waals surface area contributed by atoms with Gasteiger partial charge in [0.1, 0.15) is 0 Å². The number of benzene rings is 1. The molecule has 0 radical (unpaired) electrons. The van der Waals surface area contributed by atoms with E-state index >= 15 is 0 Å². The molecule has 0 saturated carbocycles. The molecule has 0 amide bonds. The van der Waals surface area contributed by atoms with Crippen LogP contribution < -0.4 is 4.90 Å². The van der Waals surface area contributed by atoms with Crippen LogP contribution >= 0.6 is 0 Å². The molecular weight excluding hydrogens is 206 g/mol. The van der Waals surface area contributed by atoms with Crippen molar-refractivity contribution in [1.82, 2.24) is 0 Å². The summed E-state index contributed by atoms with van der Waals surface area (Å²) in [5.41, 5.74) is 2.23. The highest BCUT2D eigenvalue weighted by Crippen LogP contribution is 2.20. The van der Waals surface area contributed by atoms with E-state index in [9.17, 15) is 0 Å². The minimum absolute atomic E-state index is 1.01. The molecule has 92 valence electrons. The third-order valence-electron chi connectivity index (χ3n) is 2.96. The van der Waals surface area contributed by atoms with Crippen molar-refractivity contribution in [3.8, 4) is 12.3 Å². The Hall–Kier alpha value is -1.42. The Morgan fingerprint density at radius 1 is 1.06 bits per heavy atom. The van der Waals surface area contributed by atoms with Gasteiger partial charge in [-0.2, -0.15) is 0 Å². The molecule has 0 aromatic heterocycles. The van der Waals surface area contributed by atoms with Crippen molar-refractivity contribution in [3.05, 3.63) is 29.8 Å². The smallest absolute Gasteiger partial charge is 0.0525 e. The maximum atomic E-state index is 5.57. The number of hydrogen-bond acceptors (Lipinski definition) is 1. The highest BCUT2D eigenvalue weighted by Gasteiger charge is 2.08. The number of para-hydroxylation sites is 1. The van der Waals surface area contributed by atoms with E-state index in [0.717, 1.165) is 18.7 Å². The standard InChI is InChI=1S/C16H23N/c1-4-7-13-17(14-8-5-2)16-12-10-9-11-15(16)6-3/h3,9-12H,4-5,7-8,13-14H2,1-2H3. The molecule has 1 aromatic rings. The lowest BCUT2D eigenvalue weighted by Crippen LogP contribution is -2.26. The van der Waals surface area contributed by atoms with E-state index < -0.39 is 0 Å². The number of unbranched alkanes of at least 4 members (excludes halogenated alkanes) is 2. The van der Waals surface area contributed by atoms with Crippen LogP contribution in [0.5, 0.6) is 0 Å². The molecule has 0 heterocycles. The molecule has 0 N–H and O–H groups in total. The summed E-state index contributed by atoms with van der Waals surface area (Å²) in [6.07, 6.45) is 10.5. The lowest BCUT2D eigenvalue weighted by molar-refractivity contribution is 0.677. The fourth-order valence-electron chi connectivity index (χ4n) is 1.92. The largest absolute Gasteiger partial charge is 0.371 e. The lowest BCUT2D eigenvalue weighted by Gasteiger charge is -2.25. The summed E-state index contributed by atoms with van der Waals surface area (Å²) in [7, 11) is 0. The normalized spacial score (nSPS) is 9.94. The van der Waals surface area contributed by atoms with Gasteiger partial charge in [-0.15, -0.1) is 6.42 Å². The third kappa shape index (κ3) is 4.15. The highest BCUT2D eigenvalue weighted by molar-refractivity contribution is 5.60. The molecule has 0 fully saturated rings. The van der Waals surface area contributed by atoms with Crippen LogP contribution in [0, 0.1) is 12.3 Å². The summed E-state index contributed by atoms with van der Waals surface area (Å²) < 4.78 is 0. The second-order valence-electron chi connectivity index (χ2n) is 4.36. The second kappa shape index (κ2) is 7.79. The van der Waals surface area contributed by atoms with E-state index in [1.54, 1.807) is 0 Å². The van der Waals surface area contributed by atoms with Gasteiger partial charge in [0.25, 0.3) is 0 Å². The summed E-state index contributed by atoms with van der Waals surface area (Å²) in [5.74, 6) is 2.79. The molecule has 1 aromatic carbocycles. The molecule has 0 unspecified atom stereocenters. The summed E-state index contributed by atoms with van der Waals surface area (Å²) in [6, 6.07) is 8.25. The molecule has 0 atom stereocenters. The van der Waals surface area contributed by atoms with E-state index in [2.05, 4.69) is 36.8 Å². The average molecular weight is 229 g/mol. The average Bonchev–Trinajstić information content (AvgIpc) is 2.39. The summed E-state index contributed by atoms with van der Waals surface area (Å²) in [6.45, 7) is 6.67. The summed E-state index contributed by atoms with van der Waals surface area (Å²) in [4.78, 5) is 2.43. The van der Waals surface area contributed by atoms with Crippen molar-refractivity contribution in [2.24, 2.45) is 0 Å². The zero-order valence-electron chi connectivity index (χ0n) is 11.1. The molecule has 1 nitrogen and oxygen atoms in total. The molecule has 0 aliphatic rings. The van der Waals surface area contributed by atoms with Gasteiger partial charge >= 0.3 is 0 Å². The number of hydrogen-bond donors (Lipinski definition) is 0. The number of nitrogens with zero attached hydrogens (tertiary/aromatic N) is 1. The Balaban J connectivity index is 2.83. The summed E-state index contributed by atoms with van der Waals surface area (Å²) in [5, 5.41) is 0. The Bertz CT molecular complexity index is 354. The van der Waals surface area contributed by atoms with Gasteiger partial charge in [0, 0.05) is 18.7 Å². The van der Waals surface area contributed by atoms with Crippen molar-refractivity contribution >= 4 is 5.69 Å². The maximum Gasteiger partial charge on any atom is 0.0525 e. The van der Waals surface area contributed by atoms with Crippen molar-refractivity contribution < 1.29 is 0 Å². The predicted octanol–water partition coefficient (Wildman–Crippen LogP) is 4.07. The number of rotatable bonds is 7. The topological polar surface area (TPSA) is 3.24 Å². The zero-order chi connectivity index (χ0) is 12.5. The van der Waals surface area contributed by atoms with Crippen molar-refractivity contribution in [1.29, 1.82) is 0 Å². The Labute approximate surface area is 106 Å². The van der Waals surface area contributed by atoms with Crippen LogP contribution in [0.3, 0.4) is 0 Å². The Kier molecular flexibility index (Phi) is 6.25. The van der Waals surface area contributed by atoms with Crippen LogP contribution in [-0.4, -0.2) is 13.1 Å². The van der Waals surface area contributed by atoms with E-state index in [1.165, 1.54) is 31.4 Å². The fourth-order valence-corrected chi connectivity index (χ4v) is 1.92. The molecule has 1 heteroatoms. The minimum atomic E-state index is 1.01. The Morgan fingerprint density at radius 2 is 1.65 bits per heavy atom. The molecular formula is C16H23N. The summed E-state index contributed by atoms with van der Waals surface area (Å²) >= 11 is 0. The first kappa shape index (κ1) is 13.6. The molecule has 17 heavy (non-hydrogen) atoms. The van der Waals surface area contributed by atoms with E-state index in [0.29, 0.717) is 0 Å². The van der Waals surface area contributed by atoms with Gasteiger partial charge in [0.15, 0.2) is 0 Å². The van der Waals surface area contributed by atoms with Crippen LogP contribution in [0.25, 0.3) is 0 Å². The van der Waals surface area contributed by atoms with Gasteiger partial charge < -0.3 is 4.90 Å². The SMILES string of the molecule is C#Cc1ccccc1N(CCCC)CCCC. The fraction of sp³-hybridized carbons (Fsp3) is 0.500. The lowest BCUT2D eigenvalue weighted by atomic mass is 10.1.